The number of anilines is 1. The highest BCUT2D eigenvalue weighted by Gasteiger charge is 2.42. The summed E-state index contributed by atoms with van der Waals surface area (Å²) in [5, 5.41) is 10.4. The van der Waals surface area contributed by atoms with E-state index in [2.05, 4.69) is 40.8 Å². The number of carboxylic acids is 1. The highest BCUT2D eigenvalue weighted by Crippen LogP contribution is 2.43. The number of benzene rings is 1. The van der Waals surface area contributed by atoms with Crippen LogP contribution in [0.4, 0.5) is 5.69 Å². The Morgan fingerprint density at radius 3 is 2.13 bits per heavy atom. The lowest BCUT2D eigenvalue weighted by atomic mass is 9.81. The number of thiophene rings is 1. The molecule has 0 radical (unpaired) electrons. The molecule has 38 heavy (non-hydrogen) atoms. The minimum Gasteiger partial charge on any atom is -0.477 e. The predicted molar refractivity (Wildman–Crippen MR) is 160 cm³/mol. The van der Waals surface area contributed by atoms with Gasteiger partial charge in [0.25, 0.3) is 0 Å². The van der Waals surface area contributed by atoms with Crippen LogP contribution in [0, 0.1) is 11.8 Å². The van der Waals surface area contributed by atoms with E-state index in [0.717, 1.165) is 61.8 Å². The summed E-state index contributed by atoms with van der Waals surface area (Å²) in [7, 11) is -1.88. The molecule has 2 aliphatic rings. The van der Waals surface area contributed by atoms with Crippen LogP contribution in [0.25, 0.3) is 10.4 Å². The number of hydrogen-bond acceptors (Lipinski definition) is 4. The van der Waals surface area contributed by atoms with Crippen molar-refractivity contribution in [1.82, 2.24) is 0 Å². The fraction of sp³-hybridized carbons (Fsp3) is 0.613. The Morgan fingerprint density at radius 2 is 1.58 bits per heavy atom. The smallest absolute Gasteiger partial charge is 0.348 e. The van der Waals surface area contributed by atoms with Gasteiger partial charge in [-0.05, 0) is 87.0 Å². The normalized spacial score (nSPS) is 24.7. The molecule has 0 unspecified atom stereocenters. The molecule has 1 N–H and O–H groups in total. The second-order valence-electron chi connectivity index (χ2n) is 13.0. The van der Waals surface area contributed by atoms with Gasteiger partial charge in [-0.15, -0.1) is 11.3 Å². The first-order chi connectivity index (χ1) is 17.9. The first-order valence-corrected chi connectivity index (χ1v) is 18.0. The van der Waals surface area contributed by atoms with Gasteiger partial charge in [-0.1, -0.05) is 58.0 Å². The van der Waals surface area contributed by atoms with Crippen molar-refractivity contribution in [2.24, 2.45) is 11.8 Å². The van der Waals surface area contributed by atoms with Crippen LogP contribution in [-0.2, 0) is 9.22 Å². The third kappa shape index (κ3) is 6.43. The van der Waals surface area contributed by atoms with E-state index >= 15 is 0 Å². The van der Waals surface area contributed by atoms with E-state index in [0.29, 0.717) is 11.6 Å². The van der Waals surface area contributed by atoms with Crippen molar-refractivity contribution in [2.45, 2.75) is 109 Å². The molecule has 0 spiro atoms. The molecule has 2 fully saturated rings. The van der Waals surface area contributed by atoms with E-state index < -0.39 is 14.3 Å². The van der Waals surface area contributed by atoms with E-state index in [1.807, 2.05) is 41.3 Å². The summed E-state index contributed by atoms with van der Waals surface area (Å²) >= 11 is 1.28. The second kappa shape index (κ2) is 11.6. The molecule has 2 saturated carbocycles. The summed E-state index contributed by atoms with van der Waals surface area (Å²) in [6.07, 6.45) is 7.58. The molecular weight excluding hydrogens is 510 g/mol. The molecule has 0 saturated heterocycles. The van der Waals surface area contributed by atoms with Gasteiger partial charge in [0.15, 0.2) is 8.32 Å². The average Bonchev–Trinajstić information content (AvgIpc) is 3.31. The van der Waals surface area contributed by atoms with Crippen LogP contribution in [-0.4, -0.2) is 37.4 Å². The average molecular weight is 556 g/mol. The number of carbonyl (C=O) groups is 2. The van der Waals surface area contributed by atoms with Gasteiger partial charge < -0.3 is 14.4 Å². The Bertz CT molecular complexity index is 1110. The fourth-order valence-electron chi connectivity index (χ4n) is 5.67. The molecule has 0 aliphatic heterocycles. The zero-order valence-electron chi connectivity index (χ0n) is 24.0. The Morgan fingerprint density at radius 1 is 0.974 bits per heavy atom. The van der Waals surface area contributed by atoms with Crippen molar-refractivity contribution in [2.75, 3.05) is 4.90 Å². The number of amides is 1. The van der Waals surface area contributed by atoms with Crippen molar-refractivity contribution in [3.05, 3.63) is 41.3 Å². The van der Waals surface area contributed by atoms with Gasteiger partial charge in [-0.25, -0.2) is 4.79 Å². The van der Waals surface area contributed by atoms with Gasteiger partial charge in [-0.2, -0.15) is 0 Å². The number of carboxylic acid groups (broad SMARTS) is 1. The lowest BCUT2D eigenvalue weighted by Gasteiger charge is -2.43. The van der Waals surface area contributed by atoms with Crippen LogP contribution in [0.3, 0.4) is 0 Å². The molecule has 4 rings (SSSR count). The van der Waals surface area contributed by atoms with Crippen molar-refractivity contribution >= 4 is 37.2 Å². The summed E-state index contributed by atoms with van der Waals surface area (Å²) < 4.78 is 6.73. The van der Waals surface area contributed by atoms with Crippen molar-refractivity contribution in [3.63, 3.8) is 0 Å². The molecule has 2 aromatic rings. The lowest BCUT2D eigenvalue weighted by Crippen LogP contribution is -2.49. The van der Waals surface area contributed by atoms with Crippen LogP contribution in [0.15, 0.2) is 36.4 Å². The molecule has 208 valence electrons. The van der Waals surface area contributed by atoms with Crippen LogP contribution < -0.4 is 4.90 Å². The van der Waals surface area contributed by atoms with E-state index in [-0.39, 0.29) is 33.9 Å². The van der Waals surface area contributed by atoms with Gasteiger partial charge in [0.1, 0.15) is 4.88 Å². The SMILES string of the molecule is CC1CCC(C(=O)N(c2cc(-c3ccccc3)sc2C(=O)O)C2CCC(O[Si](C)(C)C(C)(C)C)CC2)CC1. The van der Waals surface area contributed by atoms with Crippen molar-refractivity contribution in [1.29, 1.82) is 0 Å². The third-order valence-corrected chi connectivity index (χ3v) is 14.8. The van der Waals surface area contributed by atoms with Gasteiger partial charge >= 0.3 is 5.97 Å². The molecule has 1 aromatic heterocycles. The summed E-state index contributed by atoms with van der Waals surface area (Å²) in [5.74, 6) is -0.229. The van der Waals surface area contributed by atoms with Crippen molar-refractivity contribution < 1.29 is 19.1 Å². The third-order valence-electron chi connectivity index (χ3n) is 9.10. The van der Waals surface area contributed by atoms with Crippen LogP contribution in [0.2, 0.25) is 18.1 Å². The highest BCUT2D eigenvalue weighted by molar-refractivity contribution is 7.18. The van der Waals surface area contributed by atoms with Crippen molar-refractivity contribution in [3.8, 4) is 10.4 Å². The molecule has 7 heteroatoms. The Kier molecular flexibility index (Phi) is 8.90. The molecule has 2 aliphatic carbocycles. The minimum absolute atomic E-state index is 0.00237. The largest absolute Gasteiger partial charge is 0.477 e. The molecule has 1 aromatic carbocycles. The molecule has 0 bridgehead atoms. The zero-order chi connectivity index (χ0) is 27.7. The van der Waals surface area contributed by atoms with E-state index in [4.69, 9.17) is 4.43 Å². The molecule has 1 amide bonds. The van der Waals surface area contributed by atoms with Crippen LogP contribution in [0.1, 0.15) is 88.7 Å². The molecular formula is C31H45NO4SSi. The summed E-state index contributed by atoms with van der Waals surface area (Å²) in [4.78, 5) is 29.7. The first-order valence-electron chi connectivity index (χ1n) is 14.3. The monoisotopic (exact) mass is 555 g/mol. The molecule has 1 heterocycles. The Labute approximate surface area is 233 Å². The maximum absolute atomic E-state index is 14.2. The molecule has 0 atom stereocenters. The second-order valence-corrected chi connectivity index (χ2v) is 18.8. The van der Waals surface area contributed by atoms with E-state index in [1.54, 1.807) is 0 Å². The summed E-state index contributed by atoms with van der Waals surface area (Å²) in [5.41, 5.74) is 1.57. The van der Waals surface area contributed by atoms with Gasteiger partial charge in [0.2, 0.25) is 5.91 Å². The summed E-state index contributed by atoms with van der Waals surface area (Å²) in [6, 6.07) is 11.8. The van der Waals surface area contributed by atoms with Crippen LogP contribution in [0.5, 0.6) is 0 Å². The zero-order valence-corrected chi connectivity index (χ0v) is 25.8. The van der Waals surface area contributed by atoms with Gasteiger partial charge in [0.05, 0.1) is 5.69 Å². The predicted octanol–water partition coefficient (Wildman–Crippen LogP) is 8.61. The number of carbonyl (C=O) groups excluding carboxylic acids is 1. The highest BCUT2D eigenvalue weighted by atomic mass is 32.1. The first kappa shape index (κ1) is 29.0. The fourth-order valence-corrected chi connectivity index (χ4v) is 8.09. The van der Waals surface area contributed by atoms with Gasteiger partial charge in [-0.3, -0.25) is 4.79 Å². The minimum atomic E-state index is -1.88. The van der Waals surface area contributed by atoms with E-state index in [1.165, 1.54) is 11.3 Å². The summed E-state index contributed by atoms with van der Waals surface area (Å²) in [6.45, 7) is 13.7. The van der Waals surface area contributed by atoms with E-state index in [9.17, 15) is 14.7 Å². The maximum Gasteiger partial charge on any atom is 0.348 e. The lowest BCUT2D eigenvalue weighted by molar-refractivity contribution is -0.124. The maximum atomic E-state index is 14.2. The number of nitrogens with zero attached hydrogens (tertiary/aromatic N) is 1. The van der Waals surface area contributed by atoms with Crippen LogP contribution >= 0.6 is 11.3 Å². The van der Waals surface area contributed by atoms with Gasteiger partial charge in [0, 0.05) is 22.9 Å². The standard InChI is InChI=1S/C31H45NO4SSi/c1-21-12-14-23(15-13-21)29(33)32(24-16-18-25(19-17-24)36-38(5,6)31(2,3)4)26-20-27(37-28(26)30(34)35)22-10-8-7-9-11-22/h7-11,20-21,23-25H,12-19H2,1-6H3,(H,34,35). The molecule has 5 nitrogen and oxygen atoms in total. The Balaban J connectivity index is 1.63. The number of rotatable bonds is 7. The number of hydrogen-bond donors (Lipinski definition) is 1. The quantitative estimate of drug-likeness (QED) is 0.347. The number of aromatic carboxylic acids is 1. The topological polar surface area (TPSA) is 66.8 Å². The Hall–Kier alpha value is -1.96.